The maximum absolute atomic E-state index is 12.8. The molecule has 1 aliphatic rings. The standard InChI is InChI=1S/C22H28N4O5/c1-3-18(22(29)30)31-16-7-10-26(11-8-16)21(28)13(2)25-20(27)15-4-5-17-14(12-15)6-9-24-19(17)23/h4-6,9,12-13,16,18H,3,7-8,10-11H2,1-2H3,(H2,23,24)(H,25,27)(H,29,30)/t13?,18-/m0/s1. The highest BCUT2D eigenvalue weighted by atomic mass is 16.5. The molecule has 1 aromatic carbocycles. The number of hydrogen-bond donors (Lipinski definition) is 3. The van der Waals surface area contributed by atoms with Crippen LogP contribution in [0.5, 0.6) is 0 Å². The largest absolute Gasteiger partial charge is 0.479 e. The number of fused-ring (bicyclic) bond motifs is 1. The number of carboxylic acid groups (broad SMARTS) is 1. The van der Waals surface area contributed by atoms with Crippen molar-refractivity contribution in [1.29, 1.82) is 0 Å². The summed E-state index contributed by atoms with van der Waals surface area (Å²) in [6, 6.07) is 6.20. The number of nitrogens with one attached hydrogen (secondary N) is 1. The number of nitrogen functional groups attached to an aromatic ring is 1. The molecular formula is C22H28N4O5. The van der Waals surface area contributed by atoms with E-state index in [1.54, 1.807) is 49.2 Å². The smallest absolute Gasteiger partial charge is 0.332 e. The molecule has 0 saturated carbocycles. The Morgan fingerprint density at radius 2 is 2.00 bits per heavy atom. The molecule has 0 spiro atoms. The molecule has 1 fully saturated rings. The second-order valence-electron chi connectivity index (χ2n) is 7.72. The average molecular weight is 428 g/mol. The predicted octanol–water partition coefficient (Wildman–Crippen LogP) is 1.81. The first-order valence-corrected chi connectivity index (χ1v) is 10.4. The van der Waals surface area contributed by atoms with Gasteiger partial charge < -0.3 is 25.8 Å². The van der Waals surface area contributed by atoms with Crippen LogP contribution >= 0.6 is 0 Å². The first-order chi connectivity index (χ1) is 14.8. The van der Waals surface area contributed by atoms with E-state index in [1.165, 1.54) is 0 Å². The number of rotatable bonds is 7. The monoisotopic (exact) mass is 428 g/mol. The van der Waals surface area contributed by atoms with Gasteiger partial charge in [-0.05, 0) is 55.8 Å². The number of anilines is 1. The number of carbonyl (C=O) groups excluding carboxylic acids is 2. The van der Waals surface area contributed by atoms with Crippen molar-refractivity contribution in [2.24, 2.45) is 0 Å². The van der Waals surface area contributed by atoms with Gasteiger partial charge in [0.15, 0.2) is 6.10 Å². The van der Waals surface area contributed by atoms with Crippen LogP contribution in [0.2, 0.25) is 0 Å². The van der Waals surface area contributed by atoms with Crippen LogP contribution in [0.25, 0.3) is 10.8 Å². The molecule has 0 aliphatic carbocycles. The van der Waals surface area contributed by atoms with E-state index in [1.807, 2.05) is 0 Å². The molecule has 1 saturated heterocycles. The van der Waals surface area contributed by atoms with Crippen molar-refractivity contribution in [2.75, 3.05) is 18.8 Å². The van der Waals surface area contributed by atoms with Crippen molar-refractivity contribution in [1.82, 2.24) is 15.2 Å². The zero-order valence-corrected chi connectivity index (χ0v) is 17.7. The summed E-state index contributed by atoms with van der Waals surface area (Å²) in [5.41, 5.74) is 6.28. The van der Waals surface area contributed by atoms with E-state index in [2.05, 4.69) is 10.3 Å². The van der Waals surface area contributed by atoms with Crippen molar-refractivity contribution >= 4 is 34.4 Å². The number of pyridine rings is 1. The SMILES string of the molecule is CC[C@H](OC1CCN(C(=O)C(C)NC(=O)c2ccc3c(N)nccc3c2)CC1)C(=O)O. The fourth-order valence-corrected chi connectivity index (χ4v) is 3.73. The minimum atomic E-state index is -0.968. The third-order valence-electron chi connectivity index (χ3n) is 5.53. The molecule has 1 aliphatic heterocycles. The second kappa shape index (κ2) is 9.74. The highest BCUT2D eigenvalue weighted by Gasteiger charge is 2.29. The number of hydrogen-bond acceptors (Lipinski definition) is 6. The number of piperidine rings is 1. The topological polar surface area (TPSA) is 135 Å². The van der Waals surface area contributed by atoms with Crippen LogP contribution < -0.4 is 11.1 Å². The van der Waals surface area contributed by atoms with Crippen LogP contribution in [0.4, 0.5) is 5.82 Å². The zero-order chi connectivity index (χ0) is 22.5. The molecule has 0 bridgehead atoms. The number of carboxylic acids is 1. The molecule has 166 valence electrons. The third-order valence-corrected chi connectivity index (χ3v) is 5.53. The number of nitrogens with two attached hydrogens (primary N) is 1. The Morgan fingerprint density at radius 1 is 1.29 bits per heavy atom. The summed E-state index contributed by atoms with van der Waals surface area (Å²) in [6.07, 6.45) is 2.10. The van der Waals surface area contributed by atoms with Crippen LogP contribution in [0.1, 0.15) is 43.5 Å². The average Bonchev–Trinajstić information content (AvgIpc) is 2.77. The van der Waals surface area contributed by atoms with Crippen LogP contribution in [0.3, 0.4) is 0 Å². The van der Waals surface area contributed by atoms with Crippen LogP contribution in [-0.2, 0) is 14.3 Å². The van der Waals surface area contributed by atoms with Gasteiger partial charge in [-0.3, -0.25) is 9.59 Å². The maximum atomic E-state index is 12.8. The first kappa shape index (κ1) is 22.5. The van der Waals surface area contributed by atoms with Gasteiger partial charge in [-0.25, -0.2) is 9.78 Å². The van der Waals surface area contributed by atoms with E-state index in [0.29, 0.717) is 43.7 Å². The summed E-state index contributed by atoms with van der Waals surface area (Å²) >= 11 is 0. The van der Waals surface area contributed by atoms with E-state index in [0.717, 1.165) is 10.8 Å². The summed E-state index contributed by atoms with van der Waals surface area (Å²) in [5, 5.41) is 13.4. The van der Waals surface area contributed by atoms with Gasteiger partial charge in [0.1, 0.15) is 11.9 Å². The number of amides is 2. The van der Waals surface area contributed by atoms with Gasteiger partial charge in [0, 0.05) is 30.2 Å². The van der Waals surface area contributed by atoms with Gasteiger partial charge in [0.25, 0.3) is 5.91 Å². The molecule has 0 radical (unpaired) electrons. The molecular weight excluding hydrogens is 400 g/mol. The lowest BCUT2D eigenvalue weighted by Crippen LogP contribution is -2.50. The van der Waals surface area contributed by atoms with Crippen LogP contribution in [0.15, 0.2) is 30.5 Å². The summed E-state index contributed by atoms with van der Waals surface area (Å²) in [4.78, 5) is 42.2. The van der Waals surface area contributed by atoms with Gasteiger partial charge in [-0.2, -0.15) is 0 Å². The number of carbonyl (C=O) groups is 3. The van der Waals surface area contributed by atoms with Crippen molar-refractivity contribution < 1.29 is 24.2 Å². The van der Waals surface area contributed by atoms with Crippen molar-refractivity contribution in [2.45, 2.75) is 51.4 Å². The van der Waals surface area contributed by atoms with E-state index < -0.39 is 18.1 Å². The fraction of sp³-hybridized carbons (Fsp3) is 0.455. The van der Waals surface area contributed by atoms with Gasteiger partial charge in [0.2, 0.25) is 5.91 Å². The maximum Gasteiger partial charge on any atom is 0.332 e. The molecule has 31 heavy (non-hydrogen) atoms. The number of ether oxygens (including phenoxy) is 1. The highest BCUT2D eigenvalue weighted by molar-refractivity contribution is 6.02. The molecule has 9 heteroatoms. The highest BCUT2D eigenvalue weighted by Crippen LogP contribution is 2.20. The minimum Gasteiger partial charge on any atom is -0.479 e. The number of nitrogens with zero attached hydrogens (tertiary/aromatic N) is 2. The Morgan fingerprint density at radius 3 is 2.65 bits per heavy atom. The summed E-state index contributed by atoms with van der Waals surface area (Å²) in [7, 11) is 0. The van der Waals surface area contributed by atoms with Crippen molar-refractivity contribution in [3.8, 4) is 0 Å². The van der Waals surface area contributed by atoms with E-state index >= 15 is 0 Å². The molecule has 2 amide bonds. The Hall–Kier alpha value is -3.20. The lowest BCUT2D eigenvalue weighted by molar-refractivity contribution is -0.157. The zero-order valence-electron chi connectivity index (χ0n) is 17.7. The quantitative estimate of drug-likeness (QED) is 0.612. The number of likely N-dealkylation sites (tertiary alicyclic amines) is 1. The number of benzene rings is 1. The van der Waals surface area contributed by atoms with Gasteiger partial charge in [-0.1, -0.05) is 6.92 Å². The molecule has 3 rings (SSSR count). The third kappa shape index (κ3) is 5.29. The number of aromatic nitrogens is 1. The Kier molecular flexibility index (Phi) is 7.06. The predicted molar refractivity (Wildman–Crippen MR) is 115 cm³/mol. The first-order valence-electron chi connectivity index (χ1n) is 10.4. The van der Waals surface area contributed by atoms with Gasteiger partial charge >= 0.3 is 5.97 Å². The lowest BCUT2D eigenvalue weighted by Gasteiger charge is -2.34. The lowest BCUT2D eigenvalue weighted by atomic mass is 10.1. The Balaban J connectivity index is 1.55. The molecule has 2 atom stereocenters. The Bertz CT molecular complexity index is 972. The van der Waals surface area contributed by atoms with E-state index in [9.17, 15) is 14.4 Å². The summed E-state index contributed by atoms with van der Waals surface area (Å²) in [5.74, 6) is -1.09. The molecule has 2 heterocycles. The van der Waals surface area contributed by atoms with E-state index in [-0.39, 0.29) is 17.9 Å². The number of aliphatic carboxylic acids is 1. The molecule has 1 aromatic heterocycles. The van der Waals surface area contributed by atoms with E-state index in [4.69, 9.17) is 15.6 Å². The van der Waals surface area contributed by atoms with Crippen LogP contribution in [0, 0.1) is 0 Å². The molecule has 4 N–H and O–H groups in total. The van der Waals surface area contributed by atoms with Gasteiger partial charge in [-0.15, -0.1) is 0 Å². The minimum absolute atomic E-state index is 0.175. The fourth-order valence-electron chi connectivity index (χ4n) is 3.73. The Labute approximate surface area is 180 Å². The second-order valence-corrected chi connectivity index (χ2v) is 7.72. The summed E-state index contributed by atoms with van der Waals surface area (Å²) in [6.45, 7) is 4.34. The normalized spacial score (nSPS) is 16.6. The van der Waals surface area contributed by atoms with Crippen molar-refractivity contribution in [3.05, 3.63) is 36.0 Å². The van der Waals surface area contributed by atoms with Gasteiger partial charge in [0.05, 0.1) is 6.10 Å². The summed E-state index contributed by atoms with van der Waals surface area (Å²) < 4.78 is 5.64. The molecule has 9 nitrogen and oxygen atoms in total. The molecule has 1 unspecified atom stereocenters. The van der Waals surface area contributed by atoms with Crippen molar-refractivity contribution in [3.63, 3.8) is 0 Å². The molecule has 2 aromatic rings. The van der Waals surface area contributed by atoms with Crippen LogP contribution in [-0.4, -0.2) is 64.1 Å².